The maximum Gasteiger partial charge on any atom is 0.227 e. The van der Waals surface area contributed by atoms with Crippen molar-refractivity contribution in [2.75, 3.05) is 44.7 Å². The number of amides is 1. The van der Waals surface area contributed by atoms with Gasteiger partial charge in [-0.25, -0.2) is 9.97 Å². The Hall–Kier alpha value is -1.69. The van der Waals surface area contributed by atoms with Gasteiger partial charge < -0.3 is 14.7 Å². The van der Waals surface area contributed by atoms with Crippen molar-refractivity contribution in [2.24, 2.45) is 11.8 Å². The summed E-state index contributed by atoms with van der Waals surface area (Å²) in [4.78, 5) is 28.8. The van der Waals surface area contributed by atoms with Gasteiger partial charge in [0.05, 0.1) is 5.92 Å². The van der Waals surface area contributed by atoms with E-state index in [4.69, 9.17) is 0 Å². The predicted octanol–water partition coefficient (Wildman–Crippen LogP) is 2.42. The minimum absolute atomic E-state index is 0.0682. The molecule has 3 unspecified atom stereocenters. The zero-order valence-corrected chi connectivity index (χ0v) is 16.6. The molecule has 6 nitrogen and oxygen atoms in total. The van der Waals surface area contributed by atoms with Crippen LogP contribution in [0.4, 0.5) is 5.95 Å². The van der Waals surface area contributed by atoms with Crippen molar-refractivity contribution in [3.63, 3.8) is 0 Å². The number of anilines is 1. The zero-order valence-electron chi connectivity index (χ0n) is 16.6. The first-order valence-electron chi connectivity index (χ1n) is 10.7. The Labute approximate surface area is 162 Å². The lowest BCUT2D eigenvalue weighted by molar-refractivity contribution is -0.135. The standard InChI is InChI=1S/C21H33N5O/c1-24(15-17-7-4-13-25-12-3-2-9-19(17)25)20(27)18-8-5-14-26(16-18)21-22-10-6-11-23-21/h6,10-11,17-19H,2-5,7-9,12-16H2,1H3. The van der Waals surface area contributed by atoms with Crippen molar-refractivity contribution >= 4 is 11.9 Å². The third-order valence-electron chi connectivity index (χ3n) is 6.72. The van der Waals surface area contributed by atoms with Crippen LogP contribution in [0.1, 0.15) is 44.9 Å². The molecule has 0 aliphatic carbocycles. The zero-order chi connectivity index (χ0) is 18.6. The molecule has 0 aromatic carbocycles. The molecule has 27 heavy (non-hydrogen) atoms. The van der Waals surface area contributed by atoms with E-state index in [0.29, 0.717) is 17.9 Å². The molecule has 1 amide bonds. The Bertz CT molecular complexity index is 622. The average Bonchev–Trinajstić information content (AvgIpc) is 2.74. The monoisotopic (exact) mass is 371 g/mol. The number of piperidine rings is 3. The van der Waals surface area contributed by atoms with Gasteiger partial charge in [0.15, 0.2) is 0 Å². The lowest BCUT2D eigenvalue weighted by atomic mass is 9.83. The fraction of sp³-hybridized carbons (Fsp3) is 0.762. The van der Waals surface area contributed by atoms with Gasteiger partial charge in [0.25, 0.3) is 0 Å². The summed E-state index contributed by atoms with van der Waals surface area (Å²) in [6, 6.07) is 2.53. The van der Waals surface area contributed by atoms with Crippen molar-refractivity contribution in [2.45, 2.75) is 51.0 Å². The molecule has 1 aromatic heterocycles. The summed E-state index contributed by atoms with van der Waals surface area (Å²) in [5, 5.41) is 0. The van der Waals surface area contributed by atoms with Gasteiger partial charge in [-0.15, -0.1) is 0 Å². The quantitative estimate of drug-likeness (QED) is 0.814. The number of aromatic nitrogens is 2. The van der Waals surface area contributed by atoms with Crippen LogP contribution in [-0.2, 0) is 4.79 Å². The first-order chi connectivity index (χ1) is 13.2. The van der Waals surface area contributed by atoms with Crippen molar-refractivity contribution in [3.8, 4) is 0 Å². The van der Waals surface area contributed by atoms with Gasteiger partial charge in [-0.05, 0) is 63.6 Å². The van der Waals surface area contributed by atoms with E-state index in [1.807, 2.05) is 18.0 Å². The van der Waals surface area contributed by atoms with Crippen LogP contribution < -0.4 is 4.90 Å². The molecule has 148 valence electrons. The minimum atomic E-state index is 0.0682. The van der Waals surface area contributed by atoms with E-state index in [1.165, 1.54) is 45.2 Å². The molecule has 0 spiro atoms. The molecule has 1 aromatic rings. The molecular formula is C21H33N5O. The number of carbonyl (C=O) groups excluding carboxylic acids is 1. The number of hydrogen-bond acceptors (Lipinski definition) is 5. The van der Waals surface area contributed by atoms with E-state index in [1.54, 1.807) is 12.4 Å². The maximum absolute atomic E-state index is 13.2. The SMILES string of the molecule is CN(CC1CCCN2CCCCC12)C(=O)C1CCCN(c2ncccn2)C1. The Morgan fingerprint density at radius 1 is 1.07 bits per heavy atom. The van der Waals surface area contributed by atoms with Crippen molar-refractivity contribution in [3.05, 3.63) is 18.5 Å². The van der Waals surface area contributed by atoms with E-state index < -0.39 is 0 Å². The average molecular weight is 372 g/mol. The Kier molecular flexibility index (Phi) is 5.91. The first-order valence-corrected chi connectivity index (χ1v) is 10.7. The van der Waals surface area contributed by atoms with E-state index >= 15 is 0 Å². The van der Waals surface area contributed by atoms with E-state index in [9.17, 15) is 4.79 Å². The third-order valence-corrected chi connectivity index (χ3v) is 6.72. The summed E-state index contributed by atoms with van der Waals surface area (Å²) < 4.78 is 0. The molecule has 3 aliphatic rings. The molecular weight excluding hydrogens is 338 g/mol. The molecule has 0 saturated carbocycles. The molecule has 0 radical (unpaired) electrons. The molecule has 0 N–H and O–H groups in total. The van der Waals surface area contributed by atoms with Crippen LogP contribution in [0.25, 0.3) is 0 Å². The second-order valence-corrected chi connectivity index (χ2v) is 8.55. The Morgan fingerprint density at radius 3 is 2.70 bits per heavy atom. The predicted molar refractivity (Wildman–Crippen MR) is 107 cm³/mol. The second kappa shape index (κ2) is 8.55. The normalized spacial score (nSPS) is 29.2. The Balaban J connectivity index is 1.35. The summed E-state index contributed by atoms with van der Waals surface area (Å²) in [5.74, 6) is 1.77. The smallest absolute Gasteiger partial charge is 0.227 e. The van der Waals surface area contributed by atoms with Crippen molar-refractivity contribution in [1.82, 2.24) is 19.8 Å². The largest absolute Gasteiger partial charge is 0.345 e. The summed E-state index contributed by atoms with van der Waals surface area (Å²) >= 11 is 0. The van der Waals surface area contributed by atoms with Gasteiger partial charge in [-0.2, -0.15) is 0 Å². The van der Waals surface area contributed by atoms with Crippen LogP contribution in [0, 0.1) is 11.8 Å². The van der Waals surface area contributed by atoms with E-state index in [-0.39, 0.29) is 5.92 Å². The lowest BCUT2D eigenvalue weighted by Crippen LogP contribution is -2.52. The van der Waals surface area contributed by atoms with Gasteiger partial charge in [0, 0.05) is 45.1 Å². The highest BCUT2D eigenvalue weighted by Gasteiger charge is 2.35. The Morgan fingerprint density at radius 2 is 1.85 bits per heavy atom. The van der Waals surface area contributed by atoms with Gasteiger partial charge in [0.1, 0.15) is 0 Å². The van der Waals surface area contributed by atoms with E-state index in [0.717, 1.165) is 38.4 Å². The number of nitrogens with zero attached hydrogens (tertiary/aromatic N) is 5. The number of hydrogen-bond donors (Lipinski definition) is 0. The molecule has 3 fully saturated rings. The highest BCUT2D eigenvalue weighted by molar-refractivity contribution is 5.79. The highest BCUT2D eigenvalue weighted by Crippen LogP contribution is 2.32. The van der Waals surface area contributed by atoms with Crippen LogP contribution in [-0.4, -0.2) is 71.5 Å². The van der Waals surface area contributed by atoms with Crippen molar-refractivity contribution in [1.29, 1.82) is 0 Å². The fourth-order valence-corrected chi connectivity index (χ4v) is 5.36. The third kappa shape index (κ3) is 4.26. The molecule has 3 saturated heterocycles. The van der Waals surface area contributed by atoms with Crippen LogP contribution in [0.5, 0.6) is 0 Å². The van der Waals surface area contributed by atoms with Crippen LogP contribution in [0.3, 0.4) is 0 Å². The lowest BCUT2D eigenvalue weighted by Gasteiger charge is -2.45. The first kappa shape index (κ1) is 18.7. The summed E-state index contributed by atoms with van der Waals surface area (Å²) in [5.41, 5.74) is 0. The number of rotatable bonds is 4. The van der Waals surface area contributed by atoms with Gasteiger partial charge in [-0.3, -0.25) is 4.79 Å². The summed E-state index contributed by atoms with van der Waals surface area (Å²) in [7, 11) is 2.02. The van der Waals surface area contributed by atoms with Gasteiger partial charge >= 0.3 is 0 Å². The topological polar surface area (TPSA) is 52.6 Å². The molecule has 4 heterocycles. The van der Waals surface area contributed by atoms with Crippen LogP contribution in [0.15, 0.2) is 18.5 Å². The van der Waals surface area contributed by atoms with Crippen LogP contribution in [0.2, 0.25) is 0 Å². The molecule has 4 rings (SSSR count). The van der Waals surface area contributed by atoms with Crippen molar-refractivity contribution < 1.29 is 4.79 Å². The number of fused-ring (bicyclic) bond motifs is 1. The maximum atomic E-state index is 13.2. The fourth-order valence-electron chi connectivity index (χ4n) is 5.36. The van der Waals surface area contributed by atoms with Crippen LogP contribution >= 0.6 is 0 Å². The summed E-state index contributed by atoms with van der Waals surface area (Å²) in [6.07, 6.45) is 12.1. The highest BCUT2D eigenvalue weighted by atomic mass is 16.2. The molecule has 3 aliphatic heterocycles. The van der Waals surface area contributed by atoms with E-state index in [2.05, 4.69) is 19.8 Å². The minimum Gasteiger partial charge on any atom is -0.345 e. The van der Waals surface area contributed by atoms with Gasteiger partial charge in [0.2, 0.25) is 11.9 Å². The molecule has 0 bridgehead atoms. The summed E-state index contributed by atoms with van der Waals surface area (Å²) in [6.45, 7) is 5.11. The second-order valence-electron chi connectivity index (χ2n) is 8.55. The molecule has 6 heteroatoms. The number of carbonyl (C=O) groups is 1. The molecule has 3 atom stereocenters. The van der Waals surface area contributed by atoms with Gasteiger partial charge in [-0.1, -0.05) is 6.42 Å².